The van der Waals surface area contributed by atoms with Crippen molar-refractivity contribution < 1.29 is 19.4 Å². The number of hydrogen-bond donors (Lipinski definition) is 3. The van der Waals surface area contributed by atoms with Gasteiger partial charge >= 0.3 is 0 Å². The number of imidazole rings is 1. The summed E-state index contributed by atoms with van der Waals surface area (Å²) in [5.41, 5.74) is 3.53. The van der Waals surface area contributed by atoms with Gasteiger partial charge in [0.2, 0.25) is 0 Å². The van der Waals surface area contributed by atoms with Crippen LogP contribution in [0.2, 0.25) is 0 Å². The molecule has 3 fully saturated rings. The van der Waals surface area contributed by atoms with E-state index in [1.165, 1.54) is 17.7 Å². The molecule has 44 heavy (non-hydrogen) atoms. The number of pyridine rings is 1. The Bertz CT molecular complexity index is 1810. The lowest BCUT2D eigenvalue weighted by atomic mass is 9.45. The Morgan fingerprint density at radius 2 is 1.98 bits per heavy atom. The van der Waals surface area contributed by atoms with Gasteiger partial charge in [0.25, 0.3) is 5.91 Å². The van der Waals surface area contributed by atoms with E-state index in [1.807, 2.05) is 46.7 Å². The van der Waals surface area contributed by atoms with Crippen molar-refractivity contribution in [2.45, 2.75) is 70.6 Å². The van der Waals surface area contributed by atoms with E-state index in [-0.39, 0.29) is 34.9 Å². The highest BCUT2D eigenvalue weighted by Crippen LogP contribution is 2.67. The first kappa shape index (κ1) is 27.7. The summed E-state index contributed by atoms with van der Waals surface area (Å²) >= 11 is 0. The van der Waals surface area contributed by atoms with Crippen molar-refractivity contribution in [1.29, 1.82) is 0 Å². The lowest BCUT2D eigenvalue weighted by Gasteiger charge is -2.60. The number of aromatic nitrogens is 4. The van der Waals surface area contributed by atoms with Crippen molar-refractivity contribution in [3.05, 3.63) is 89.4 Å². The standard InChI is InChI=1S/C35H38FN5O3/c1-33-16-22-19-39-41(25-7-5-24(36)6-8-25)28(22)15-23(33)4-9-26-27-11-12-35(44,34(27,2)17-29(42)31(26)33)32(43)38-18-21-3-10-30-37-13-14-40(30)20-21/h3,5-8,10,13-15,19-20,26-27,29,31,42,44H,4,9,11-12,16-18H2,1-2H3,(H,38,43)/t26?,27?,29?,31?,33-,34-,35-/m0/s1. The lowest BCUT2D eigenvalue weighted by Crippen LogP contribution is -2.63. The van der Waals surface area contributed by atoms with Gasteiger partial charge in [0.05, 0.1) is 23.7 Å². The van der Waals surface area contributed by atoms with Crippen LogP contribution in [0.3, 0.4) is 0 Å². The van der Waals surface area contributed by atoms with Crippen molar-refractivity contribution in [2.24, 2.45) is 28.6 Å². The van der Waals surface area contributed by atoms with Gasteiger partial charge in [0, 0.05) is 30.6 Å². The van der Waals surface area contributed by atoms with Crippen LogP contribution in [-0.4, -0.2) is 47.0 Å². The molecule has 0 saturated heterocycles. The van der Waals surface area contributed by atoms with Crippen molar-refractivity contribution in [1.82, 2.24) is 24.5 Å². The fourth-order valence-electron chi connectivity index (χ4n) is 9.75. The van der Waals surface area contributed by atoms with Crippen molar-refractivity contribution >= 4 is 17.6 Å². The van der Waals surface area contributed by atoms with Gasteiger partial charge in [0.1, 0.15) is 17.1 Å². The molecule has 1 amide bonds. The number of halogens is 1. The van der Waals surface area contributed by atoms with Crippen LogP contribution in [0.5, 0.6) is 0 Å². The lowest BCUT2D eigenvalue weighted by molar-refractivity contribution is -0.181. The topological polar surface area (TPSA) is 105 Å². The summed E-state index contributed by atoms with van der Waals surface area (Å²) in [5, 5.41) is 31.7. The second-order valence-corrected chi connectivity index (χ2v) is 14.0. The third kappa shape index (κ3) is 3.84. The highest BCUT2D eigenvalue weighted by atomic mass is 19.1. The van der Waals surface area contributed by atoms with E-state index >= 15 is 0 Å². The first-order chi connectivity index (χ1) is 21.1. The minimum atomic E-state index is -1.55. The molecule has 3 heterocycles. The van der Waals surface area contributed by atoms with E-state index in [1.54, 1.807) is 18.3 Å². The SMILES string of the molecule is C[C@]12Cc3cnn(-c4ccc(F)cc4)c3C=C1CCC1C2C(O)C[C@@]2(C)C1CC[C@]2(O)C(=O)NCc1ccc2nccn2c1. The smallest absolute Gasteiger partial charge is 0.252 e. The Morgan fingerprint density at radius 3 is 2.80 bits per heavy atom. The number of fused-ring (bicyclic) bond motifs is 7. The van der Waals surface area contributed by atoms with Gasteiger partial charge in [-0.1, -0.05) is 25.5 Å². The fourth-order valence-corrected chi connectivity index (χ4v) is 9.75. The number of carbonyl (C=O) groups is 1. The number of hydrogen-bond acceptors (Lipinski definition) is 5. The summed E-state index contributed by atoms with van der Waals surface area (Å²) in [7, 11) is 0. The van der Waals surface area contributed by atoms with E-state index < -0.39 is 17.1 Å². The largest absolute Gasteiger partial charge is 0.393 e. The van der Waals surface area contributed by atoms with Crippen molar-refractivity contribution in [2.75, 3.05) is 0 Å². The summed E-state index contributed by atoms with van der Waals surface area (Å²) in [5.74, 6) is -0.269. The maximum absolute atomic E-state index is 13.7. The molecule has 228 valence electrons. The Labute approximate surface area is 255 Å². The quantitative estimate of drug-likeness (QED) is 0.313. The molecule has 3 N–H and O–H groups in total. The van der Waals surface area contributed by atoms with Gasteiger partial charge < -0.3 is 19.9 Å². The molecule has 3 saturated carbocycles. The van der Waals surface area contributed by atoms with Gasteiger partial charge in [-0.05, 0) is 109 Å². The Balaban J connectivity index is 1.05. The van der Waals surface area contributed by atoms with E-state index in [2.05, 4.69) is 28.4 Å². The number of carbonyl (C=O) groups excluding carboxylic acids is 1. The zero-order chi connectivity index (χ0) is 30.4. The van der Waals surface area contributed by atoms with Crippen molar-refractivity contribution in [3.63, 3.8) is 0 Å². The summed E-state index contributed by atoms with van der Waals surface area (Å²) in [4.78, 5) is 18.0. The number of nitrogens with one attached hydrogen (secondary N) is 1. The number of amides is 1. The van der Waals surface area contributed by atoms with Crippen LogP contribution in [-0.2, 0) is 17.8 Å². The molecule has 0 spiro atoms. The molecule has 4 aromatic rings. The summed E-state index contributed by atoms with van der Waals surface area (Å²) < 4.78 is 17.4. The Hall–Kier alpha value is -3.82. The zero-order valence-corrected chi connectivity index (χ0v) is 25.1. The number of nitrogens with zero attached hydrogens (tertiary/aromatic N) is 4. The highest BCUT2D eigenvalue weighted by molar-refractivity contribution is 5.86. The number of rotatable bonds is 4. The van der Waals surface area contributed by atoms with Gasteiger partial charge in [-0.3, -0.25) is 4.79 Å². The molecule has 8 nitrogen and oxygen atoms in total. The van der Waals surface area contributed by atoms with E-state index in [0.29, 0.717) is 19.4 Å². The van der Waals surface area contributed by atoms with Gasteiger partial charge in [-0.25, -0.2) is 14.1 Å². The zero-order valence-electron chi connectivity index (χ0n) is 25.1. The minimum absolute atomic E-state index is 0.0233. The number of allylic oxidation sites excluding steroid dienone is 1. The van der Waals surface area contributed by atoms with Crippen LogP contribution >= 0.6 is 0 Å². The average molecular weight is 596 g/mol. The molecular formula is C35H38FN5O3. The summed E-state index contributed by atoms with van der Waals surface area (Å²) in [6.07, 6.45) is 13.1. The number of aliphatic hydroxyl groups excluding tert-OH is 1. The van der Waals surface area contributed by atoms with Crippen LogP contribution in [0.15, 0.2) is 66.8 Å². The fraction of sp³-hybridized carbons (Fsp3) is 0.457. The van der Waals surface area contributed by atoms with E-state index in [4.69, 9.17) is 0 Å². The van der Waals surface area contributed by atoms with Crippen molar-refractivity contribution in [3.8, 4) is 5.69 Å². The molecular weight excluding hydrogens is 557 g/mol. The monoisotopic (exact) mass is 595 g/mol. The Kier molecular flexibility index (Phi) is 6.04. The predicted molar refractivity (Wildman–Crippen MR) is 163 cm³/mol. The summed E-state index contributed by atoms with van der Waals surface area (Å²) in [6, 6.07) is 10.2. The average Bonchev–Trinajstić information content (AvgIpc) is 3.70. The normalized spacial score (nSPS) is 34.1. The summed E-state index contributed by atoms with van der Waals surface area (Å²) in [6.45, 7) is 4.62. The third-order valence-electron chi connectivity index (χ3n) is 11.9. The molecule has 3 aromatic heterocycles. The second-order valence-electron chi connectivity index (χ2n) is 14.0. The predicted octanol–water partition coefficient (Wildman–Crippen LogP) is 4.86. The molecule has 9 heteroatoms. The highest BCUT2D eigenvalue weighted by Gasteiger charge is 2.68. The number of benzene rings is 1. The van der Waals surface area contributed by atoms with E-state index in [9.17, 15) is 19.4 Å². The molecule has 0 bridgehead atoms. The van der Waals surface area contributed by atoms with E-state index in [0.717, 1.165) is 53.8 Å². The van der Waals surface area contributed by atoms with Gasteiger partial charge in [-0.2, -0.15) is 5.10 Å². The maximum Gasteiger partial charge on any atom is 0.252 e. The molecule has 1 aromatic carbocycles. The molecule has 0 aliphatic heterocycles. The van der Waals surface area contributed by atoms with Gasteiger partial charge in [-0.15, -0.1) is 0 Å². The molecule has 4 aliphatic carbocycles. The van der Waals surface area contributed by atoms with Gasteiger partial charge in [0.15, 0.2) is 0 Å². The molecule has 4 unspecified atom stereocenters. The molecule has 8 rings (SSSR count). The molecule has 4 aliphatic rings. The molecule has 0 radical (unpaired) electrons. The van der Waals surface area contributed by atoms with Crippen LogP contribution in [0.4, 0.5) is 4.39 Å². The second kappa shape index (κ2) is 9.59. The first-order valence-electron chi connectivity index (χ1n) is 15.7. The third-order valence-corrected chi connectivity index (χ3v) is 11.9. The maximum atomic E-state index is 13.7. The van der Waals surface area contributed by atoms with Crippen LogP contribution < -0.4 is 5.32 Å². The first-order valence-corrected chi connectivity index (χ1v) is 15.7. The molecule has 7 atom stereocenters. The van der Waals surface area contributed by atoms with Crippen LogP contribution in [0.25, 0.3) is 17.4 Å². The Morgan fingerprint density at radius 1 is 1.16 bits per heavy atom. The van der Waals surface area contributed by atoms with Crippen LogP contribution in [0, 0.1) is 34.4 Å². The van der Waals surface area contributed by atoms with Crippen LogP contribution in [0.1, 0.15) is 62.8 Å². The number of aliphatic hydroxyl groups is 2. The minimum Gasteiger partial charge on any atom is -0.393 e.